The molecule has 0 unspecified atom stereocenters. The third-order valence-corrected chi connectivity index (χ3v) is 11.1. The number of aromatic carboxylic acids is 2. The number of rotatable bonds is 18. The first kappa shape index (κ1) is 55.0. The smallest absolute Gasteiger partial charge is 0.869 e. The van der Waals surface area contributed by atoms with Crippen molar-refractivity contribution in [2.45, 2.75) is 153 Å². The molecule has 4 rings (SSSR count). The van der Waals surface area contributed by atoms with E-state index in [-0.39, 0.29) is 31.5 Å². The van der Waals surface area contributed by atoms with Gasteiger partial charge < -0.3 is 30.6 Å². The van der Waals surface area contributed by atoms with Crippen LogP contribution in [0, 0.1) is 41.5 Å². The molecule has 4 aromatic rings. The Hall–Kier alpha value is -4.98. The Bertz CT molecular complexity index is 2080. The molecule has 0 aliphatic carbocycles. The minimum Gasteiger partial charge on any atom is -0.869 e. The van der Waals surface area contributed by atoms with Crippen LogP contribution < -0.4 is 10.2 Å². The third-order valence-electron chi connectivity index (χ3n) is 11.1. The van der Waals surface area contributed by atoms with Crippen LogP contribution in [-0.2, 0) is 33.3 Å². The van der Waals surface area contributed by atoms with Crippen LogP contribution in [-0.4, -0.2) is 43.8 Å². The molecule has 0 bridgehead atoms. The van der Waals surface area contributed by atoms with Crippen molar-refractivity contribution in [2.24, 2.45) is 9.98 Å². The van der Waals surface area contributed by atoms with Gasteiger partial charge in [-0.05, 0) is 161 Å². The van der Waals surface area contributed by atoms with Crippen LogP contribution in [0.15, 0.2) is 58.5 Å². The maximum Gasteiger partial charge on any atom is 2.00 e. The number of aromatic hydroxyl groups is 2. The number of benzene rings is 4. The van der Waals surface area contributed by atoms with Crippen LogP contribution in [0.4, 0.5) is 11.4 Å². The minimum atomic E-state index is -1.29. The molecule has 0 spiro atoms. The monoisotopic (exact) mass is 942 g/mol. The molecule has 4 N–H and O–H groups in total. The molecule has 0 fully saturated rings. The Morgan fingerprint density at radius 1 is 0.516 bits per heavy atom. The largest absolute Gasteiger partial charge is 2.00 e. The summed E-state index contributed by atoms with van der Waals surface area (Å²) >= 11 is 0. The molecular formula is C51H68N2O8Pd. The van der Waals surface area contributed by atoms with Crippen molar-refractivity contribution in [3.63, 3.8) is 0 Å². The van der Waals surface area contributed by atoms with Crippen LogP contribution >= 0.6 is 0 Å². The Morgan fingerprint density at radius 3 is 1.19 bits per heavy atom. The summed E-state index contributed by atoms with van der Waals surface area (Å²) in [6.07, 6.45) is 14.6. The Balaban J connectivity index is 0.000000544. The molecule has 10 nitrogen and oxygen atoms in total. The number of carboxylic acid groups (broad SMARTS) is 2. The van der Waals surface area contributed by atoms with E-state index >= 15 is 0 Å². The second-order valence-corrected chi connectivity index (χ2v) is 15.7. The van der Waals surface area contributed by atoms with Gasteiger partial charge in [0.2, 0.25) is 0 Å². The zero-order valence-electron chi connectivity index (χ0n) is 38.4. The Labute approximate surface area is 383 Å². The van der Waals surface area contributed by atoms with Crippen molar-refractivity contribution in [1.82, 2.24) is 0 Å². The Kier molecular flexibility index (Phi) is 24.7. The first-order valence-corrected chi connectivity index (χ1v) is 21.7. The Morgan fingerprint density at radius 2 is 0.855 bits per heavy atom. The van der Waals surface area contributed by atoms with Crippen molar-refractivity contribution in [3.8, 4) is 23.0 Å². The standard InChI is InChI=1S/C31H46N2.2C10H12O4.Pd/c1-7-9-11-12-13-15-17-31(33-29-21-19-25(4)27(6)23-29)30(16-14-10-8-2)32-28-20-18-24(3)26(5)22-28;2*1-3-6-4-7(11)9(12)8(5(6)2)10(13)14;/h18-23H,7-17H2,1-6H3;2*4,11-12H,3H2,1-2H3,(H,13,14);/q;;;+2/p-2. The SMILES string of the molecule is CCCCCCCCC(=Nc1ccc(C)c(C)c1)C(CCCCC)=Nc1ccc(C)c(C)c1.CCc1cc(O)c([O-])c(C(=O)O)c1C.CCc1cc(O)c([O-])c(C(=O)O)c1C.[Pd+2]. The van der Waals surface area contributed by atoms with E-state index in [0.29, 0.717) is 35.1 Å². The van der Waals surface area contributed by atoms with E-state index in [1.807, 2.05) is 13.8 Å². The topological polar surface area (TPSA) is 186 Å². The van der Waals surface area contributed by atoms with Crippen molar-refractivity contribution >= 4 is 34.7 Å². The molecule has 0 aromatic heterocycles. The predicted molar refractivity (Wildman–Crippen MR) is 245 cm³/mol. The summed E-state index contributed by atoms with van der Waals surface area (Å²) in [5.41, 5.74) is 11.3. The third kappa shape index (κ3) is 16.7. The predicted octanol–water partition coefficient (Wildman–Crippen LogP) is 12.2. The summed E-state index contributed by atoms with van der Waals surface area (Å²) in [7, 11) is 0. The minimum absolute atomic E-state index is 0. The van der Waals surface area contributed by atoms with Crippen LogP contribution in [0.5, 0.6) is 23.0 Å². The van der Waals surface area contributed by atoms with Crippen LogP contribution in [0.3, 0.4) is 0 Å². The number of phenolic OH excluding ortho intramolecular Hbond substituents is 2. The number of unbranched alkanes of at least 4 members (excludes halogenated alkanes) is 7. The van der Waals surface area contributed by atoms with Gasteiger partial charge in [0.25, 0.3) is 0 Å². The van der Waals surface area contributed by atoms with E-state index < -0.39 is 34.9 Å². The second kappa shape index (κ2) is 27.9. The molecule has 0 saturated heterocycles. The van der Waals surface area contributed by atoms with Gasteiger partial charge in [-0.1, -0.05) is 96.3 Å². The van der Waals surface area contributed by atoms with Crippen molar-refractivity contribution in [2.75, 3.05) is 0 Å². The average Bonchev–Trinajstić information content (AvgIpc) is 3.21. The molecule has 62 heavy (non-hydrogen) atoms. The summed E-state index contributed by atoms with van der Waals surface area (Å²) in [5, 5.41) is 58.5. The van der Waals surface area contributed by atoms with Gasteiger partial charge in [0.05, 0.1) is 33.9 Å². The molecule has 340 valence electrons. The number of hydrogen-bond donors (Lipinski definition) is 4. The zero-order chi connectivity index (χ0) is 45.8. The van der Waals surface area contributed by atoms with E-state index in [9.17, 15) is 30.0 Å². The first-order chi connectivity index (χ1) is 28.9. The van der Waals surface area contributed by atoms with E-state index in [1.165, 1.54) is 104 Å². The molecule has 0 aliphatic rings. The summed E-state index contributed by atoms with van der Waals surface area (Å²) in [6, 6.07) is 15.8. The van der Waals surface area contributed by atoms with Crippen molar-refractivity contribution < 1.29 is 60.7 Å². The number of carboxylic acids is 2. The number of aryl methyl sites for hydroxylation is 6. The molecule has 4 aromatic carbocycles. The number of hydrogen-bond acceptors (Lipinski definition) is 8. The fourth-order valence-corrected chi connectivity index (χ4v) is 6.89. The fourth-order valence-electron chi connectivity index (χ4n) is 6.89. The van der Waals surface area contributed by atoms with Gasteiger partial charge >= 0.3 is 32.4 Å². The number of aliphatic imine (C=N–C) groups is 2. The molecule has 0 amide bonds. The van der Waals surface area contributed by atoms with Gasteiger partial charge in [-0.3, -0.25) is 9.98 Å². The van der Waals surface area contributed by atoms with E-state index in [4.69, 9.17) is 20.2 Å². The molecule has 0 saturated carbocycles. The maximum atomic E-state index is 11.3. The van der Waals surface area contributed by atoms with Gasteiger partial charge in [0, 0.05) is 0 Å². The summed E-state index contributed by atoms with van der Waals surface area (Å²) < 4.78 is 0. The molecule has 0 heterocycles. The van der Waals surface area contributed by atoms with Gasteiger partial charge in [0.1, 0.15) is 11.5 Å². The quantitative estimate of drug-likeness (QED) is 0.0431. The molecule has 11 heteroatoms. The van der Waals surface area contributed by atoms with E-state index in [1.54, 1.807) is 13.8 Å². The first-order valence-electron chi connectivity index (χ1n) is 21.7. The van der Waals surface area contributed by atoms with Gasteiger partial charge in [-0.25, -0.2) is 9.59 Å². The van der Waals surface area contributed by atoms with Gasteiger partial charge in [-0.2, -0.15) is 0 Å². The zero-order valence-corrected chi connectivity index (χ0v) is 40.0. The molecule has 0 radical (unpaired) electrons. The van der Waals surface area contributed by atoms with Crippen LogP contribution in [0.25, 0.3) is 0 Å². The van der Waals surface area contributed by atoms with Crippen molar-refractivity contribution in [1.29, 1.82) is 0 Å². The summed E-state index contributed by atoms with van der Waals surface area (Å²) in [6.45, 7) is 20.0. The second-order valence-electron chi connectivity index (χ2n) is 15.7. The van der Waals surface area contributed by atoms with Gasteiger partial charge in [-0.15, -0.1) is 0 Å². The number of nitrogens with zero attached hydrogens (tertiary/aromatic N) is 2. The summed E-state index contributed by atoms with van der Waals surface area (Å²) in [4.78, 5) is 31.9. The average molecular weight is 944 g/mol. The van der Waals surface area contributed by atoms with E-state index in [2.05, 4.69) is 77.9 Å². The fraction of sp³-hybridized carbons (Fsp3) is 0.451. The summed E-state index contributed by atoms with van der Waals surface area (Å²) in [5.74, 6) is -5.20. The molecular weight excluding hydrogens is 875 g/mol. The molecule has 0 aliphatic heterocycles. The van der Waals surface area contributed by atoms with Crippen LogP contribution in [0.2, 0.25) is 0 Å². The van der Waals surface area contributed by atoms with Crippen molar-refractivity contribution in [3.05, 3.63) is 104 Å². The van der Waals surface area contributed by atoms with Crippen LogP contribution in [0.1, 0.15) is 164 Å². The van der Waals surface area contributed by atoms with E-state index in [0.717, 1.165) is 24.2 Å². The number of carbonyl (C=O) groups is 2. The normalized spacial score (nSPS) is 11.2. The van der Waals surface area contributed by atoms with Gasteiger partial charge in [0.15, 0.2) is 0 Å². The number of phenols is 2. The maximum absolute atomic E-state index is 11.3. The molecule has 0 atom stereocenters.